The number of rotatable bonds is 2. The monoisotopic (exact) mass is 287 g/mol. The number of morpholine rings is 1. The molecule has 0 bridgehead atoms. The quantitative estimate of drug-likeness (QED) is 0.811. The number of hydrogen-bond acceptors (Lipinski definition) is 5. The molecular weight excluding hydrogens is 266 g/mol. The number of amides is 1. The lowest BCUT2D eigenvalue weighted by atomic mass is 10.1. The standard InChI is InChI=1S/C13H21NO6/c1-13(2,3)20-12(17)14-5-8(4-11(15)16)19-10-7-18-6-9(10)14/h8-10H,4-7H2,1-3H3,(H,15,16)/t8-,9+,10-/m0/s1. The van der Waals surface area contributed by atoms with Gasteiger partial charge in [-0.1, -0.05) is 0 Å². The predicted octanol–water partition coefficient (Wildman–Crippen LogP) is 0.864. The van der Waals surface area contributed by atoms with E-state index in [4.69, 9.17) is 19.3 Å². The van der Waals surface area contributed by atoms with Crippen LogP contribution in [-0.4, -0.2) is 65.7 Å². The number of ether oxygens (including phenoxy) is 3. The average Bonchev–Trinajstić information content (AvgIpc) is 2.72. The molecule has 0 unspecified atom stereocenters. The largest absolute Gasteiger partial charge is 0.481 e. The van der Waals surface area contributed by atoms with Crippen molar-refractivity contribution in [1.82, 2.24) is 4.90 Å². The number of carboxylic acid groups (broad SMARTS) is 1. The Morgan fingerprint density at radius 2 is 2.05 bits per heavy atom. The smallest absolute Gasteiger partial charge is 0.410 e. The molecule has 0 aromatic carbocycles. The van der Waals surface area contributed by atoms with Crippen molar-refractivity contribution in [2.75, 3.05) is 19.8 Å². The summed E-state index contributed by atoms with van der Waals surface area (Å²) in [7, 11) is 0. The first-order valence-electron chi connectivity index (χ1n) is 6.71. The molecule has 20 heavy (non-hydrogen) atoms. The molecular formula is C13H21NO6. The third-order valence-corrected chi connectivity index (χ3v) is 3.20. The second-order valence-electron chi connectivity index (χ2n) is 6.13. The number of carbonyl (C=O) groups excluding carboxylic acids is 1. The van der Waals surface area contributed by atoms with Crippen LogP contribution in [0.3, 0.4) is 0 Å². The van der Waals surface area contributed by atoms with E-state index in [0.717, 1.165) is 0 Å². The number of carbonyl (C=O) groups is 2. The summed E-state index contributed by atoms with van der Waals surface area (Å²) in [5, 5.41) is 8.87. The predicted molar refractivity (Wildman–Crippen MR) is 68.5 cm³/mol. The normalized spacial score (nSPS) is 29.9. The lowest BCUT2D eigenvalue weighted by molar-refractivity contribution is -0.147. The van der Waals surface area contributed by atoms with Crippen molar-refractivity contribution in [3.05, 3.63) is 0 Å². The molecule has 0 saturated carbocycles. The molecule has 2 saturated heterocycles. The summed E-state index contributed by atoms with van der Waals surface area (Å²) < 4.78 is 16.4. The van der Waals surface area contributed by atoms with Crippen LogP contribution in [0.4, 0.5) is 4.79 Å². The first-order valence-corrected chi connectivity index (χ1v) is 6.71. The third-order valence-electron chi connectivity index (χ3n) is 3.20. The van der Waals surface area contributed by atoms with Crippen molar-refractivity contribution in [1.29, 1.82) is 0 Å². The lowest BCUT2D eigenvalue weighted by Crippen LogP contribution is -2.57. The Kier molecular flexibility index (Phi) is 4.19. The first kappa shape index (κ1) is 15.1. The Labute approximate surface area is 117 Å². The number of hydrogen-bond donors (Lipinski definition) is 1. The van der Waals surface area contributed by atoms with Gasteiger partial charge in [0.15, 0.2) is 0 Å². The van der Waals surface area contributed by atoms with Crippen LogP contribution in [0.1, 0.15) is 27.2 Å². The second-order valence-corrected chi connectivity index (χ2v) is 6.13. The average molecular weight is 287 g/mol. The second kappa shape index (κ2) is 5.57. The van der Waals surface area contributed by atoms with Crippen LogP contribution in [-0.2, 0) is 19.0 Å². The molecule has 2 heterocycles. The maximum atomic E-state index is 12.2. The number of aliphatic carboxylic acids is 1. The summed E-state index contributed by atoms with van der Waals surface area (Å²) in [6.07, 6.45) is -1.39. The fourth-order valence-corrected chi connectivity index (χ4v) is 2.43. The molecule has 0 aromatic rings. The van der Waals surface area contributed by atoms with E-state index in [1.54, 1.807) is 25.7 Å². The van der Waals surface area contributed by atoms with Crippen molar-refractivity contribution < 1.29 is 28.9 Å². The van der Waals surface area contributed by atoms with Gasteiger partial charge in [0.1, 0.15) is 11.7 Å². The Balaban J connectivity index is 2.07. The van der Waals surface area contributed by atoms with Gasteiger partial charge in [0.25, 0.3) is 0 Å². The van der Waals surface area contributed by atoms with Crippen LogP contribution in [0, 0.1) is 0 Å². The summed E-state index contributed by atoms with van der Waals surface area (Å²) in [6, 6.07) is -0.199. The van der Waals surface area contributed by atoms with Gasteiger partial charge >= 0.3 is 12.1 Å². The SMILES string of the molecule is CC(C)(C)OC(=O)N1C[C@H](CC(=O)O)O[C@H]2COC[C@H]21. The Bertz CT molecular complexity index is 391. The molecule has 7 heteroatoms. The van der Waals surface area contributed by atoms with E-state index in [2.05, 4.69) is 0 Å². The summed E-state index contributed by atoms with van der Waals surface area (Å²) >= 11 is 0. The van der Waals surface area contributed by atoms with Gasteiger partial charge in [-0.05, 0) is 20.8 Å². The van der Waals surface area contributed by atoms with Crippen molar-refractivity contribution in [2.24, 2.45) is 0 Å². The highest BCUT2D eigenvalue weighted by Gasteiger charge is 2.44. The Morgan fingerprint density at radius 1 is 1.35 bits per heavy atom. The van der Waals surface area contributed by atoms with Gasteiger partial charge in [0.2, 0.25) is 0 Å². The third kappa shape index (κ3) is 3.61. The molecule has 0 radical (unpaired) electrons. The van der Waals surface area contributed by atoms with Crippen LogP contribution >= 0.6 is 0 Å². The zero-order valence-electron chi connectivity index (χ0n) is 12.0. The van der Waals surface area contributed by atoms with Crippen molar-refractivity contribution in [3.8, 4) is 0 Å². The maximum Gasteiger partial charge on any atom is 0.410 e. The van der Waals surface area contributed by atoms with E-state index in [9.17, 15) is 9.59 Å². The van der Waals surface area contributed by atoms with E-state index >= 15 is 0 Å². The summed E-state index contributed by atoms with van der Waals surface area (Å²) in [5.74, 6) is -0.948. The van der Waals surface area contributed by atoms with Crippen molar-refractivity contribution in [2.45, 2.75) is 51.0 Å². The fourth-order valence-electron chi connectivity index (χ4n) is 2.43. The van der Waals surface area contributed by atoms with E-state index in [1.807, 2.05) is 0 Å². The highest BCUT2D eigenvalue weighted by molar-refractivity contribution is 5.70. The molecule has 0 aliphatic carbocycles. The summed E-state index contributed by atoms with van der Waals surface area (Å²) in [6.45, 7) is 6.36. The summed E-state index contributed by atoms with van der Waals surface area (Å²) in [4.78, 5) is 24.6. The van der Waals surface area contributed by atoms with E-state index in [0.29, 0.717) is 13.2 Å². The van der Waals surface area contributed by atoms with Gasteiger partial charge in [-0.15, -0.1) is 0 Å². The molecule has 114 valence electrons. The molecule has 7 nitrogen and oxygen atoms in total. The van der Waals surface area contributed by atoms with Crippen LogP contribution in [0.25, 0.3) is 0 Å². The van der Waals surface area contributed by atoms with Gasteiger partial charge in [0.05, 0.1) is 38.3 Å². The van der Waals surface area contributed by atoms with Crippen LogP contribution < -0.4 is 0 Å². The molecule has 0 spiro atoms. The zero-order chi connectivity index (χ0) is 14.9. The minimum absolute atomic E-state index is 0.136. The summed E-state index contributed by atoms with van der Waals surface area (Å²) in [5.41, 5.74) is -0.591. The van der Waals surface area contributed by atoms with Crippen molar-refractivity contribution >= 4 is 12.1 Å². The molecule has 1 amide bonds. The molecule has 2 aliphatic rings. The molecule has 1 N–H and O–H groups in total. The topological polar surface area (TPSA) is 85.3 Å². The Hall–Kier alpha value is -1.34. The van der Waals surface area contributed by atoms with Gasteiger partial charge in [-0.2, -0.15) is 0 Å². The first-order chi connectivity index (χ1) is 9.26. The van der Waals surface area contributed by atoms with Gasteiger partial charge in [-0.25, -0.2) is 4.79 Å². The highest BCUT2D eigenvalue weighted by Crippen LogP contribution is 2.26. The van der Waals surface area contributed by atoms with Gasteiger partial charge < -0.3 is 19.3 Å². The minimum Gasteiger partial charge on any atom is -0.481 e. The van der Waals surface area contributed by atoms with E-state index in [-0.39, 0.29) is 25.1 Å². The molecule has 2 fully saturated rings. The zero-order valence-corrected chi connectivity index (χ0v) is 12.0. The van der Waals surface area contributed by atoms with E-state index in [1.165, 1.54) is 0 Å². The Morgan fingerprint density at radius 3 is 2.65 bits per heavy atom. The molecule has 0 aromatic heterocycles. The van der Waals surface area contributed by atoms with Crippen molar-refractivity contribution in [3.63, 3.8) is 0 Å². The fraction of sp³-hybridized carbons (Fsp3) is 0.846. The lowest BCUT2D eigenvalue weighted by Gasteiger charge is -2.40. The maximum absolute atomic E-state index is 12.2. The minimum atomic E-state index is -0.948. The molecule has 3 atom stereocenters. The van der Waals surface area contributed by atoms with Crippen LogP contribution in [0.15, 0.2) is 0 Å². The van der Waals surface area contributed by atoms with Gasteiger partial charge in [0, 0.05) is 0 Å². The molecule has 2 rings (SSSR count). The van der Waals surface area contributed by atoms with Gasteiger partial charge in [-0.3, -0.25) is 9.69 Å². The van der Waals surface area contributed by atoms with Crippen LogP contribution in [0.2, 0.25) is 0 Å². The molecule has 2 aliphatic heterocycles. The number of fused-ring (bicyclic) bond motifs is 1. The number of nitrogens with zero attached hydrogens (tertiary/aromatic N) is 1. The van der Waals surface area contributed by atoms with E-state index < -0.39 is 23.8 Å². The highest BCUT2D eigenvalue weighted by atomic mass is 16.6. The number of carboxylic acids is 1. The van der Waals surface area contributed by atoms with Crippen LogP contribution in [0.5, 0.6) is 0 Å².